The Balaban J connectivity index is 1.54. The van der Waals surface area contributed by atoms with Crippen molar-refractivity contribution in [3.8, 4) is 5.75 Å². The number of anilines is 1. The first-order valence-electron chi connectivity index (χ1n) is 7.56. The van der Waals surface area contributed by atoms with Crippen LogP contribution in [-0.2, 0) is 11.2 Å². The van der Waals surface area contributed by atoms with Crippen molar-refractivity contribution in [3.05, 3.63) is 53.3 Å². The number of hydrogen-bond donors (Lipinski definition) is 1. The lowest BCUT2D eigenvalue weighted by Gasteiger charge is -2.30. The van der Waals surface area contributed by atoms with E-state index in [2.05, 4.69) is 10.3 Å². The van der Waals surface area contributed by atoms with E-state index in [1.807, 2.05) is 35.2 Å². The Morgan fingerprint density at radius 1 is 1.35 bits per heavy atom. The Bertz CT molecular complexity index is 679. The van der Waals surface area contributed by atoms with Gasteiger partial charge in [-0.3, -0.25) is 9.78 Å². The van der Waals surface area contributed by atoms with Crippen LogP contribution in [0, 0.1) is 0 Å². The normalized spacial score (nSPS) is 13.2. The van der Waals surface area contributed by atoms with Gasteiger partial charge in [0.1, 0.15) is 12.4 Å². The fourth-order valence-corrected chi connectivity index (χ4v) is 2.68. The number of carbonyl (C=O) groups is 1. The standard InChI is InChI=1S/C17H18ClN3O2/c18-13-4-5-16-15(11-13)21(9-10-23-16)12-17(22)20-8-6-14-3-1-2-7-19-14/h1-5,7,11H,6,8-10,12H2,(H,20,22). The molecule has 23 heavy (non-hydrogen) atoms. The first-order valence-corrected chi connectivity index (χ1v) is 7.94. The molecule has 0 radical (unpaired) electrons. The van der Waals surface area contributed by atoms with Crippen molar-refractivity contribution in [3.63, 3.8) is 0 Å². The van der Waals surface area contributed by atoms with E-state index >= 15 is 0 Å². The largest absolute Gasteiger partial charge is 0.490 e. The zero-order valence-corrected chi connectivity index (χ0v) is 13.4. The van der Waals surface area contributed by atoms with Gasteiger partial charge < -0.3 is 15.0 Å². The predicted octanol–water partition coefficient (Wildman–Crippen LogP) is 2.29. The van der Waals surface area contributed by atoms with Crippen molar-refractivity contribution in [2.24, 2.45) is 0 Å². The van der Waals surface area contributed by atoms with Crippen molar-refractivity contribution in [2.75, 3.05) is 31.1 Å². The number of fused-ring (bicyclic) bond motifs is 1. The number of hydrogen-bond acceptors (Lipinski definition) is 4. The van der Waals surface area contributed by atoms with Gasteiger partial charge in [0.05, 0.1) is 18.8 Å². The zero-order chi connectivity index (χ0) is 16.1. The van der Waals surface area contributed by atoms with E-state index in [4.69, 9.17) is 16.3 Å². The van der Waals surface area contributed by atoms with E-state index < -0.39 is 0 Å². The Kier molecular flexibility index (Phi) is 4.98. The molecule has 2 aromatic rings. The SMILES string of the molecule is O=C(CN1CCOc2ccc(Cl)cc21)NCCc1ccccn1. The fourth-order valence-electron chi connectivity index (χ4n) is 2.52. The number of halogens is 1. The highest BCUT2D eigenvalue weighted by atomic mass is 35.5. The van der Waals surface area contributed by atoms with Crippen LogP contribution in [0.1, 0.15) is 5.69 Å². The third-order valence-electron chi connectivity index (χ3n) is 3.64. The molecule has 0 atom stereocenters. The van der Waals surface area contributed by atoms with Gasteiger partial charge in [-0.1, -0.05) is 17.7 Å². The molecule has 3 rings (SSSR count). The molecule has 0 unspecified atom stereocenters. The fraction of sp³-hybridized carbons (Fsp3) is 0.294. The number of rotatable bonds is 5. The molecule has 1 aromatic heterocycles. The van der Waals surface area contributed by atoms with Crippen LogP contribution in [0.25, 0.3) is 0 Å². The first-order chi connectivity index (χ1) is 11.2. The van der Waals surface area contributed by atoms with E-state index in [0.29, 0.717) is 31.3 Å². The Hall–Kier alpha value is -2.27. The molecule has 0 saturated heterocycles. The number of ether oxygens (including phenoxy) is 1. The van der Waals surface area contributed by atoms with Gasteiger partial charge in [-0.15, -0.1) is 0 Å². The van der Waals surface area contributed by atoms with Crippen LogP contribution in [0.2, 0.25) is 5.02 Å². The molecule has 1 N–H and O–H groups in total. The van der Waals surface area contributed by atoms with Crippen LogP contribution >= 0.6 is 11.6 Å². The number of pyridine rings is 1. The number of nitrogens with one attached hydrogen (secondary N) is 1. The second kappa shape index (κ2) is 7.33. The first kappa shape index (κ1) is 15.6. The molecule has 1 aliphatic heterocycles. The van der Waals surface area contributed by atoms with Crippen molar-refractivity contribution >= 4 is 23.2 Å². The van der Waals surface area contributed by atoms with Gasteiger partial charge in [-0.25, -0.2) is 0 Å². The summed E-state index contributed by atoms with van der Waals surface area (Å²) in [7, 11) is 0. The van der Waals surface area contributed by atoms with Gasteiger partial charge in [0.25, 0.3) is 0 Å². The number of aromatic nitrogens is 1. The highest BCUT2D eigenvalue weighted by Crippen LogP contribution is 2.33. The summed E-state index contributed by atoms with van der Waals surface area (Å²) in [5, 5.41) is 3.56. The Morgan fingerprint density at radius 3 is 3.09 bits per heavy atom. The van der Waals surface area contributed by atoms with Crippen LogP contribution in [-0.4, -0.2) is 37.1 Å². The lowest BCUT2D eigenvalue weighted by molar-refractivity contribution is -0.119. The van der Waals surface area contributed by atoms with Crippen LogP contribution in [0.3, 0.4) is 0 Å². The second-order valence-corrected chi connectivity index (χ2v) is 5.74. The van der Waals surface area contributed by atoms with Crippen molar-refractivity contribution in [2.45, 2.75) is 6.42 Å². The van der Waals surface area contributed by atoms with Crippen LogP contribution in [0.5, 0.6) is 5.75 Å². The lowest BCUT2D eigenvalue weighted by Crippen LogP contribution is -2.41. The number of amides is 1. The van der Waals surface area contributed by atoms with E-state index in [-0.39, 0.29) is 5.91 Å². The van der Waals surface area contributed by atoms with Crippen LogP contribution in [0.15, 0.2) is 42.6 Å². The number of benzene rings is 1. The molecule has 0 fully saturated rings. The van der Waals surface area contributed by atoms with Crippen LogP contribution < -0.4 is 15.0 Å². The highest BCUT2D eigenvalue weighted by molar-refractivity contribution is 6.31. The Labute approximate surface area is 140 Å². The maximum Gasteiger partial charge on any atom is 0.239 e. The van der Waals surface area contributed by atoms with E-state index in [9.17, 15) is 4.79 Å². The summed E-state index contributed by atoms with van der Waals surface area (Å²) in [6, 6.07) is 11.2. The molecule has 2 heterocycles. The van der Waals surface area contributed by atoms with E-state index in [1.165, 1.54) is 0 Å². The average molecular weight is 332 g/mol. The summed E-state index contributed by atoms with van der Waals surface area (Å²) in [5.74, 6) is 0.746. The molecular formula is C17H18ClN3O2. The van der Waals surface area contributed by atoms with Gasteiger partial charge in [0.2, 0.25) is 5.91 Å². The molecule has 0 saturated carbocycles. The average Bonchev–Trinajstić information content (AvgIpc) is 2.56. The summed E-state index contributed by atoms with van der Waals surface area (Å²) in [6.07, 6.45) is 2.48. The van der Waals surface area contributed by atoms with Gasteiger partial charge in [0.15, 0.2) is 0 Å². The molecule has 0 spiro atoms. The lowest BCUT2D eigenvalue weighted by atomic mass is 10.2. The quantitative estimate of drug-likeness (QED) is 0.913. The molecule has 1 aliphatic rings. The maximum absolute atomic E-state index is 12.1. The Morgan fingerprint density at radius 2 is 2.26 bits per heavy atom. The molecule has 1 aromatic carbocycles. The van der Waals surface area contributed by atoms with E-state index in [1.54, 1.807) is 12.3 Å². The molecule has 0 aliphatic carbocycles. The summed E-state index contributed by atoms with van der Waals surface area (Å²) in [4.78, 5) is 18.4. The van der Waals surface area contributed by atoms with Crippen molar-refractivity contribution < 1.29 is 9.53 Å². The zero-order valence-electron chi connectivity index (χ0n) is 12.7. The number of nitrogens with zero attached hydrogens (tertiary/aromatic N) is 2. The minimum atomic E-state index is -0.0197. The molecule has 1 amide bonds. The second-order valence-electron chi connectivity index (χ2n) is 5.30. The maximum atomic E-state index is 12.1. The van der Waals surface area contributed by atoms with Crippen LogP contribution in [0.4, 0.5) is 5.69 Å². The van der Waals surface area contributed by atoms with E-state index in [0.717, 1.165) is 23.6 Å². The summed E-state index contributed by atoms with van der Waals surface area (Å²) in [6.45, 7) is 2.10. The highest BCUT2D eigenvalue weighted by Gasteiger charge is 2.20. The topological polar surface area (TPSA) is 54.5 Å². The van der Waals surface area contributed by atoms with Gasteiger partial charge in [0, 0.05) is 29.9 Å². The van der Waals surface area contributed by atoms with Gasteiger partial charge >= 0.3 is 0 Å². The molecule has 0 bridgehead atoms. The summed E-state index contributed by atoms with van der Waals surface area (Å²) in [5.41, 5.74) is 1.83. The van der Waals surface area contributed by atoms with Crippen molar-refractivity contribution in [1.29, 1.82) is 0 Å². The molecular weight excluding hydrogens is 314 g/mol. The summed E-state index contributed by atoms with van der Waals surface area (Å²) < 4.78 is 5.59. The predicted molar refractivity (Wildman–Crippen MR) is 90.1 cm³/mol. The minimum Gasteiger partial charge on any atom is -0.490 e. The smallest absolute Gasteiger partial charge is 0.239 e. The van der Waals surface area contributed by atoms with Gasteiger partial charge in [-0.05, 0) is 30.3 Å². The third kappa shape index (κ3) is 4.13. The molecule has 120 valence electrons. The third-order valence-corrected chi connectivity index (χ3v) is 3.88. The summed E-state index contributed by atoms with van der Waals surface area (Å²) >= 11 is 6.04. The molecule has 6 heteroatoms. The van der Waals surface area contributed by atoms with Gasteiger partial charge in [-0.2, -0.15) is 0 Å². The van der Waals surface area contributed by atoms with Crippen molar-refractivity contribution in [1.82, 2.24) is 10.3 Å². The monoisotopic (exact) mass is 331 g/mol. The number of carbonyl (C=O) groups excluding carboxylic acids is 1. The molecule has 5 nitrogen and oxygen atoms in total. The minimum absolute atomic E-state index is 0.0197.